The molecule has 5 bridgehead atoms. The fourth-order valence-corrected chi connectivity index (χ4v) is 6.62. The molecule has 9 atom stereocenters. The number of rotatable bonds is 2. The van der Waals surface area contributed by atoms with Gasteiger partial charge in [0.05, 0.1) is 47.0 Å². The van der Waals surface area contributed by atoms with Crippen LogP contribution in [-0.4, -0.2) is 81.9 Å². The van der Waals surface area contributed by atoms with Gasteiger partial charge in [-0.3, -0.25) is 24.0 Å². The van der Waals surface area contributed by atoms with E-state index in [4.69, 9.17) is 18.9 Å². The molecule has 1 unspecified atom stereocenters. The highest BCUT2D eigenvalue weighted by Gasteiger charge is 2.51. The maximum atomic E-state index is 13.9. The lowest BCUT2D eigenvalue weighted by Gasteiger charge is -2.38. The average molecular weight is 696 g/mol. The zero-order valence-corrected chi connectivity index (χ0v) is 29.6. The van der Waals surface area contributed by atoms with Crippen molar-refractivity contribution in [3.05, 3.63) is 70.2 Å². The Hall–Kier alpha value is -4.59. The molecular formula is C37H45NO12. The number of nitrogens with one attached hydrogen (secondary N) is 1. The molecule has 5 rings (SSSR count). The fraction of sp³-hybridized carbons (Fsp3) is 0.486. The predicted octanol–water partition coefficient (Wildman–Crippen LogP) is 3.63. The number of ether oxygens (including phenoxy) is 4. The monoisotopic (exact) mass is 695 g/mol. The van der Waals surface area contributed by atoms with Crippen LogP contribution in [-0.2, 0) is 23.8 Å². The number of esters is 1. The highest BCUT2D eigenvalue weighted by molar-refractivity contribution is 6.30. The summed E-state index contributed by atoms with van der Waals surface area (Å²) in [6.07, 6.45) is 4.31. The van der Waals surface area contributed by atoms with Crippen LogP contribution in [0.4, 0.5) is 0 Å². The van der Waals surface area contributed by atoms with Crippen molar-refractivity contribution in [3.8, 4) is 11.5 Å². The molecule has 0 fully saturated rings. The number of aromatic hydroxyl groups is 1. The van der Waals surface area contributed by atoms with Gasteiger partial charge >= 0.3 is 11.8 Å². The van der Waals surface area contributed by atoms with Crippen molar-refractivity contribution in [1.82, 2.24) is 5.32 Å². The molecule has 4 N–H and O–H groups in total. The first-order chi connectivity index (χ1) is 23.4. The Bertz CT molecular complexity index is 1720. The number of fused-ring (bicyclic) bond motifs is 14. The number of carbonyl (C=O) groups excluding carboxylic acids is 5. The maximum absolute atomic E-state index is 13.9. The summed E-state index contributed by atoms with van der Waals surface area (Å²) in [4.78, 5) is 66.2. The molecule has 13 nitrogen and oxygen atoms in total. The number of hydrogen-bond acceptors (Lipinski definition) is 12. The number of aliphatic hydroxyl groups excluding tert-OH is 2. The van der Waals surface area contributed by atoms with Gasteiger partial charge in [-0.2, -0.15) is 0 Å². The van der Waals surface area contributed by atoms with E-state index in [1.54, 1.807) is 39.8 Å². The first-order valence-corrected chi connectivity index (χ1v) is 16.4. The Kier molecular flexibility index (Phi) is 11.2. The topological polar surface area (TPSA) is 195 Å². The summed E-state index contributed by atoms with van der Waals surface area (Å²) in [6.45, 7) is 12.3. The van der Waals surface area contributed by atoms with Gasteiger partial charge < -0.3 is 39.6 Å². The van der Waals surface area contributed by atoms with E-state index >= 15 is 0 Å². The molecule has 0 saturated heterocycles. The summed E-state index contributed by atoms with van der Waals surface area (Å²) in [5.41, 5.74) is -1.31. The lowest BCUT2D eigenvalue weighted by Crippen LogP contribution is -2.46. The molecule has 0 spiro atoms. The van der Waals surface area contributed by atoms with E-state index < -0.39 is 100 Å². The number of aliphatic hydroxyl groups is 2. The summed E-state index contributed by atoms with van der Waals surface area (Å²) in [5.74, 6) is -8.99. The number of hydrogen-bond donors (Lipinski definition) is 4. The van der Waals surface area contributed by atoms with E-state index in [0.29, 0.717) is 0 Å². The Labute approximate surface area is 290 Å². The van der Waals surface area contributed by atoms with Crippen LogP contribution in [0.25, 0.3) is 0 Å². The second-order valence-electron chi connectivity index (χ2n) is 13.4. The van der Waals surface area contributed by atoms with Gasteiger partial charge in [0.25, 0.3) is 11.7 Å². The minimum atomic E-state index is -2.03. The minimum absolute atomic E-state index is 0.00885. The lowest BCUT2D eigenvalue weighted by atomic mass is 9.78. The fourth-order valence-electron chi connectivity index (χ4n) is 6.62. The SMILES string of the molecule is CO[C@H]1/C=C/O[C@@]2(C)Oc3c(C)c(O)c4c(c3C2=O)C(=O)C=C(NC(=O)/C(C)=C\C=C\[C@H](C)[C@H](O)[C@@H](C)[C@@H](O)[C@@H](C)[C@H](OC(C)=O)C1C)C4=O. The van der Waals surface area contributed by atoms with Gasteiger partial charge in [-0.25, -0.2) is 0 Å². The average Bonchev–Trinajstić information content (AvgIpc) is 3.33. The van der Waals surface area contributed by atoms with Gasteiger partial charge in [-0.15, -0.1) is 0 Å². The number of ketones is 3. The Morgan fingerprint density at radius 1 is 0.940 bits per heavy atom. The van der Waals surface area contributed by atoms with Crippen LogP contribution in [0, 0.1) is 30.6 Å². The summed E-state index contributed by atoms with van der Waals surface area (Å²) >= 11 is 0. The third-order valence-electron chi connectivity index (χ3n) is 9.80. The number of carbonyl (C=O) groups is 5. The number of amides is 1. The largest absolute Gasteiger partial charge is 0.507 e. The van der Waals surface area contributed by atoms with Crippen molar-refractivity contribution in [2.75, 3.05) is 7.11 Å². The predicted molar refractivity (Wildman–Crippen MR) is 179 cm³/mol. The smallest absolute Gasteiger partial charge is 0.312 e. The van der Waals surface area contributed by atoms with E-state index in [1.807, 2.05) is 0 Å². The Morgan fingerprint density at radius 3 is 2.22 bits per heavy atom. The molecule has 270 valence electrons. The molecule has 1 aromatic carbocycles. The van der Waals surface area contributed by atoms with Crippen LogP contribution in [0.5, 0.6) is 11.5 Å². The Balaban J connectivity index is 1.83. The molecule has 0 aromatic heterocycles. The molecule has 0 radical (unpaired) electrons. The van der Waals surface area contributed by atoms with Gasteiger partial charge in [-0.1, -0.05) is 45.9 Å². The maximum Gasteiger partial charge on any atom is 0.312 e. The second-order valence-corrected chi connectivity index (χ2v) is 13.4. The third kappa shape index (κ3) is 7.03. The minimum Gasteiger partial charge on any atom is -0.507 e. The van der Waals surface area contributed by atoms with Crippen LogP contribution in [0.1, 0.15) is 85.1 Å². The normalized spacial score (nSPS) is 34.5. The first-order valence-electron chi connectivity index (χ1n) is 16.4. The van der Waals surface area contributed by atoms with Crippen LogP contribution in [0.2, 0.25) is 0 Å². The summed E-state index contributed by atoms with van der Waals surface area (Å²) in [5, 5.41) is 36.1. The number of phenols is 1. The van der Waals surface area contributed by atoms with E-state index in [2.05, 4.69) is 5.32 Å². The summed E-state index contributed by atoms with van der Waals surface area (Å²) < 4.78 is 23.1. The van der Waals surface area contributed by atoms with Crippen molar-refractivity contribution in [1.29, 1.82) is 0 Å². The third-order valence-corrected chi connectivity index (χ3v) is 9.80. The molecule has 0 saturated carbocycles. The van der Waals surface area contributed by atoms with E-state index in [9.17, 15) is 39.3 Å². The van der Waals surface area contributed by atoms with Gasteiger partial charge in [-0.05, 0) is 19.9 Å². The molecule has 3 heterocycles. The molecule has 1 aromatic rings. The molecule has 1 amide bonds. The molecule has 50 heavy (non-hydrogen) atoms. The van der Waals surface area contributed by atoms with Crippen LogP contribution in [0.3, 0.4) is 0 Å². The summed E-state index contributed by atoms with van der Waals surface area (Å²) in [6, 6.07) is 0. The molecule has 1 aliphatic carbocycles. The van der Waals surface area contributed by atoms with Gasteiger partial charge in [0.2, 0.25) is 5.78 Å². The molecular weight excluding hydrogens is 650 g/mol. The van der Waals surface area contributed by atoms with Crippen molar-refractivity contribution in [3.63, 3.8) is 0 Å². The van der Waals surface area contributed by atoms with Crippen molar-refractivity contribution in [2.24, 2.45) is 23.7 Å². The quantitative estimate of drug-likeness (QED) is 0.329. The van der Waals surface area contributed by atoms with Gasteiger partial charge in [0, 0.05) is 61.8 Å². The van der Waals surface area contributed by atoms with E-state index in [1.165, 1.54) is 47.0 Å². The van der Waals surface area contributed by atoms with Crippen molar-refractivity contribution < 1.29 is 58.2 Å². The van der Waals surface area contributed by atoms with E-state index in [0.717, 1.165) is 12.3 Å². The number of methoxy groups -OCH3 is 1. The van der Waals surface area contributed by atoms with Crippen LogP contribution < -0.4 is 10.1 Å². The number of allylic oxidation sites excluding steroid dienone is 4. The zero-order chi connectivity index (χ0) is 37.4. The highest BCUT2D eigenvalue weighted by atomic mass is 16.7. The van der Waals surface area contributed by atoms with Crippen LogP contribution in [0.15, 0.2) is 47.9 Å². The van der Waals surface area contributed by atoms with Gasteiger partial charge in [0.1, 0.15) is 17.6 Å². The second kappa shape index (κ2) is 14.7. The first kappa shape index (κ1) is 38.2. The standard InChI is InChI=1S/C37H45NO12/c1-16-11-10-12-17(2)36(46)38-23-15-24(40)26-27(32(23)44)31(43)21(6)34-28(26)35(45)37(8,50-34)48-14-13-25(47-9)18(3)33(49-22(7)39)20(5)30(42)19(4)29(16)41/h10-16,18-20,25,29-30,33,41-43H,1-9H3,(H,38,46)/b11-10+,14-13+,17-12-/t16-,18?,19+,20+,25-,29-,30+,33+,37-/m0/s1. The molecule has 4 aliphatic rings. The Morgan fingerprint density at radius 2 is 1.60 bits per heavy atom. The number of benzene rings is 1. The lowest BCUT2D eigenvalue weighted by molar-refractivity contribution is -0.160. The van der Waals surface area contributed by atoms with Crippen molar-refractivity contribution in [2.45, 2.75) is 85.6 Å². The summed E-state index contributed by atoms with van der Waals surface area (Å²) in [7, 11) is 1.42. The number of phenolic OH excluding ortho intramolecular Hbond substituents is 1. The molecule has 3 aliphatic heterocycles. The van der Waals surface area contributed by atoms with Crippen LogP contribution >= 0.6 is 0 Å². The number of Topliss-reactive ketones (excluding diaryl/α,β-unsaturated/α-hetero) is 2. The van der Waals surface area contributed by atoms with Gasteiger partial charge in [0.15, 0.2) is 5.78 Å². The zero-order valence-electron chi connectivity index (χ0n) is 29.6. The van der Waals surface area contributed by atoms with Crippen molar-refractivity contribution >= 4 is 29.2 Å². The highest BCUT2D eigenvalue weighted by Crippen LogP contribution is 2.47. The van der Waals surface area contributed by atoms with E-state index in [-0.39, 0.29) is 28.0 Å². The molecule has 13 heteroatoms.